The molecule has 0 spiro atoms. The predicted molar refractivity (Wildman–Crippen MR) is 72.9 cm³/mol. The van der Waals surface area contributed by atoms with E-state index >= 15 is 0 Å². The summed E-state index contributed by atoms with van der Waals surface area (Å²) in [6.07, 6.45) is 1.61. The van der Waals surface area contributed by atoms with E-state index in [2.05, 4.69) is 5.32 Å². The summed E-state index contributed by atoms with van der Waals surface area (Å²) in [5.74, 6) is 0.312. The highest BCUT2D eigenvalue weighted by molar-refractivity contribution is 7.84. The molecule has 0 aromatic heterocycles. The van der Waals surface area contributed by atoms with Crippen molar-refractivity contribution >= 4 is 22.4 Å². The first-order valence-corrected chi connectivity index (χ1v) is 7.18. The van der Waals surface area contributed by atoms with E-state index < -0.39 is 10.8 Å². The number of nitrogen functional groups attached to an aromatic ring is 1. The van der Waals surface area contributed by atoms with Crippen molar-refractivity contribution in [2.75, 3.05) is 25.1 Å². The van der Waals surface area contributed by atoms with Gasteiger partial charge in [-0.1, -0.05) is 6.07 Å². The molecule has 0 saturated heterocycles. The van der Waals surface area contributed by atoms with Crippen molar-refractivity contribution in [2.24, 2.45) is 0 Å². The molecule has 2 atom stereocenters. The number of carbonyl (C=O) groups is 1. The molecule has 0 aliphatic carbocycles. The van der Waals surface area contributed by atoms with E-state index in [9.17, 15) is 9.00 Å². The van der Waals surface area contributed by atoms with Gasteiger partial charge in [0.05, 0.1) is 0 Å². The monoisotopic (exact) mass is 270 g/mol. The molecule has 1 aromatic carbocycles. The molecular weight excluding hydrogens is 252 g/mol. The molecule has 0 bridgehead atoms. The van der Waals surface area contributed by atoms with E-state index in [-0.39, 0.29) is 17.8 Å². The summed E-state index contributed by atoms with van der Waals surface area (Å²) in [5, 5.41) is 2.59. The maximum atomic E-state index is 11.5. The third-order valence-electron chi connectivity index (χ3n) is 2.38. The van der Waals surface area contributed by atoms with E-state index in [0.717, 1.165) is 0 Å². The molecule has 0 aliphatic rings. The lowest BCUT2D eigenvalue weighted by molar-refractivity contribution is -0.123. The van der Waals surface area contributed by atoms with E-state index in [1.807, 2.05) is 6.92 Å². The molecule has 0 radical (unpaired) electrons. The van der Waals surface area contributed by atoms with E-state index in [0.29, 0.717) is 18.0 Å². The average Bonchev–Trinajstić information content (AvgIpc) is 2.33. The third-order valence-corrected chi connectivity index (χ3v) is 3.68. The van der Waals surface area contributed by atoms with Crippen molar-refractivity contribution in [2.45, 2.75) is 12.2 Å². The first-order chi connectivity index (χ1) is 8.49. The standard InChI is InChI=1S/C12H18N2O3S/c1-9(18(2)16)7-14-12(15)8-17-11-5-3-4-10(13)6-11/h3-6,9H,7-8,13H2,1-2H3,(H,14,15). The molecule has 0 saturated carbocycles. The summed E-state index contributed by atoms with van der Waals surface area (Å²) in [5.41, 5.74) is 6.17. The number of benzene rings is 1. The Bertz CT molecular complexity index is 437. The van der Waals surface area contributed by atoms with E-state index in [1.165, 1.54) is 0 Å². The minimum absolute atomic E-state index is 0.0682. The van der Waals surface area contributed by atoms with Crippen LogP contribution in [0.3, 0.4) is 0 Å². The van der Waals surface area contributed by atoms with Crippen LogP contribution in [0.15, 0.2) is 24.3 Å². The highest BCUT2D eigenvalue weighted by Crippen LogP contribution is 2.13. The molecule has 0 fully saturated rings. The highest BCUT2D eigenvalue weighted by atomic mass is 32.2. The number of nitrogens with two attached hydrogens (primary N) is 1. The summed E-state index contributed by atoms with van der Waals surface area (Å²) in [4.78, 5) is 11.5. The normalized spacial score (nSPS) is 13.7. The molecule has 0 aliphatic heterocycles. The maximum Gasteiger partial charge on any atom is 0.257 e. The molecule has 6 heteroatoms. The maximum absolute atomic E-state index is 11.5. The summed E-state index contributed by atoms with van der Waals surface area (Å²) < 4.78 is 16.4. The van der Waals surface area contributed by atoms with Crippen LogP contribution in [0.25, 0.3) is 0 Å². The van der Waals surface area contributed by atoms with Crippen LogP contribution in [0, 0.1) is 0 Å². The van der Waals surface area contributed by atoms with Gasteiger partial charge in [-0.3, -0.25) is 9.00 Å². The zero-order chi connectivity index (χ0) is 13.5. The largest absolute Gasteiger partial charge is 0.484 e. The summed E-state index contributed by atoms with van der Waals surface area (Å²) in [6, 6.07) is 6.88. The first-order valence-electron chi connectivity index (χ1n) is 5.56. The quantitative estimate of drug-likeness (QED) is 0.739. The Kier molecular flexibility index (Phi) is 5.64. The number of ether oxygens (including phenoxy) is 1. The van der Waals surface area contributed by atoms with E-state index in [4.69, 9.17) is 10.5 Å². The number of carbonyl (C=O) groups excluding carboxylic acids is 1. The topological polar surface area (TPSA) is 81.4 Å². The lowest BCUT2D eigenvalue weighted by atomic mass is 10.3. The first kappa shape index (κ1) is 14.5. The zero-order valence-corrected chi connectivity index (χ0v) is 11.3. The Morgan fingerprint density at radius 2 is 2.28 bits per heavy atom. The fraction of sp³-hybridized carbons (Fsp3) is 0.417. The second kappa shape index (κ2) is 7.00. The second-order valence-corrected chi connectivity index (χ2v) is 5.78. The summed E-state index contributed by atoms with van der Waals surface area (Å²) in [7, 11) is -0.942. The molecular formula is C12H18N2O3S. The van der Waals surface area contributed by atoms with Gasteiger partial charge in [0, 0.05) is 40.6 Å². The SMILES string of the molecule is CC(CNC(=O)COc1cccc(N)c1)S(C)=O. The van der Waals surface area contributed by atoms with E-state index in [1.54, 1.807) is 30.5 Å². The van der Waals surface area contributed by atoms with Crippen molar-refractivity contribution < 1.29 is 13.7 Å². The van der Waals surface area contributed by atoms with Crippen molar-refractivity contribution in [3.63, 3.8) is 0 Å². The Morgan fingerprint density at radius 3 is 2.89 bits per heavy atom. The van der Waals surface area contributed by atoms with Crippen LogP contribution in [0.4, 0.5) is 5.69 Å². The third kappa shape index (κ3) is 5.18. The Balaban J connectivity index is 2.31. The summed E-state index contributed by atoms with van der Waals surface area (Å²) >= 11 is 0. The van der Waals surface area contributed by atoms with Crippen molar-refractivity contribution in [3.8, 4) is 5.75 Å². The van der Waals surface area contributed by atoms with Crippen LogP contribution < -0.4 is 15.8 Å². The lowest BCUT2D eigenvalue weighted by Gasteiger charge is -2.10. The Morgan fingerprint density at radius 1 is 1.56 bits per heavy atom. The van der Waals surface area contributed by atoms with Gasteiger partial charge in [0.1, 0.15) is 5.75 Å². The van der Waals surface area contributed by atoms with Crippen LogP contribution in [-0.4, -0.2) is 34.8 Å². The second-order valence-electron chi connectivity index (χ2n) is 3.97. The number of nitrogens with one attached hydrogen (secondary N) is 1. The van der Waals surface area contributed by atoms with Crippen molar-refractivity contribution in [3.05, 3.63) is 24.3 Å². The molecule has 3 N–H and O–H groups in total. The number of anilines is 1. The fourth-order valence-corrected chi connectivity index (χ4v) is 1.50. The van der Waals surface area contributed by atoms with Gasteiger partial charge >= 0.3 is 0 Å². The van der Waals surface area contributed by atoms with Gasteiger partial charge in [-0.25, -0.2) is 0 Å². The average molecular weight is 270 g/mol. The molecule has 1 amide bonds. The molecule has 1 rings (SSSR count). The van der Waals surface area contributed by atoms with Gasteiger partial charge in [-0.05, 0) is 19.1 Å². The van der Waals surface area contributed by atoms with Gasteiger partial charge in [-0.15, -0.1) is 0 Å². The highest BCUT2D eigenvalue weighted by Gasteiger charge is 2.08. The van der Waals surface area contributed by atoms with Crippen molar-refractivity contribution in [1.82, 2.24) is 5.32 Å². The predicted octanol–water partition coefficient (Wildman–Crippen LogP) is 0.531. The van der Waals surface area contributed by atoms with Gasteiger partial charge in [0.2, 0.25) is 0 Å². The summed E-state index contributed by atoms with van der Waals surface area (Å²) in [6.45, 7) is 2.11. The van der Waals surface area contributed by atoms with Gasteiger partial charge in [0.25, 0.3) is 5.91 Å². The van der Waals surface area contributed by atoms with Crippen LogP contribution in [-0.2, 0) is 15.6 Å². The molecule has 0 heterocycles. The smallest absolute Gasteiger partial charge is 0.257 e. The lowest BCUT2D eigenvalue weighted by Crippen LogP contribution is -2.35. The number of amides is 1. The Labute approximate surface area is 109 Å². The van der Waals surface area contributed by atoms with Crippen LogP contribution in [0.5, 0.6) is 5.75 Å². The number of hydrogen-bond acceptors (Lipinski definition) is 4. The molecule has 18 heavy (non-hydrogen) atoms. The molecule has 1 aromatic rings. The van der Waals surface area contributed by atoms with Crippen molar-refractivity contribution in [1.29, 1.82) is 0 Å². The minimum atomic E-state index is -0.942. The zero-order valence-electron chi connectivity index (χ0n) is 10.5. The van der Waals surface area contributed by atoms with Crippen LogP contribution >= 0.6 is 0 Å². The van der Waals surface area contributed by atoms with Gasteiger partial charge < -0.3 is 15.8 Å². The fourth-order valence-electron chi connectivity index (χ4n) is 1.18. The molecule has 2 unspecified atom stereocenters. The minimum Gasteiger partial charge on any atom is -0.484 e. The van der Waals surface area contributed by atoms with Gasteiger partial charge in [0.15, 0.2) is 6.61 Å². The Hall–Kier alpha value is -1.56. The molecule has 5 nitrogen and oxygen atoms in total. The number of hydrogen-bond donors (Lipinski definition) is 2. The van der Waals surface area contributed by atoms with Crippen LogP contribution in [0.1, 0.15) is 6.92 Å². The number of rotatable bonds is 6. The molecule has 100 valence electrons. The van der Waals surface area contributed by atoms with Gasteiger partial charge in [-0.2, -0.15) is 0 Å². The van der Waals surface area contributed by atoms with Crippen LogP contribution in [0.2, 0.25) is 0 Å².